The van der Waals surface area contributed by atoms with Crippen LogP contribution in [0.2, 0.25) is 0 Å². The number of nitrogens with one attached hydrogen (secondary N) is 2. The highest BCUT2D eigenvalue weighted by Crippen LogP contribution is 2.30. The lowest BCUT2D eigenvalue weighted by Gasteiger charge is -2.27. The molecule has 1 atom stereocenters. The van der Waals surface area contributed by atoms with Gasteiger partial charge in [-0.3, -0.25) is 19.2 Å². The highest BCUT2D eigenvalue weighted by molar-refractivity contribution is 7.10. The molecule has 3 amide bonds. The lowest BCUT2D eigenvalue weighted by Crippen LogP contribution is -2.35. The number of rotatable bonds is 9. The predicted octanol–water partition coefficient (Wildman–Crippen LogP) is 5.04. The summed E-state index contributed by atoms with van der Waals surface area (Å²) >= 11 is 1.34. The van der Waals surface area contributed by atoms with Crippen molar-refractivity contribution in [3.05, 3.63) is 117 Å². The number of carboxylic acid groups (broad SMARTS) is 1. The van der Waals surface area contributed by atoms with E-state index >= 15 is 0 Å². The van der Waals surface area contributed by atoms with Crippen molar-refractivity contribution in [2.45, 2.75) is 18.9 Å². The maximum atomic E-state index is 13.4. The van der Waals surface area contributed by atoms with Gasteiger partial charge >= 0.3 is 5.97 Å². The number of carboxylic acids is 1. The largest absolute Gasteiger partial charge is 0.481 e. The normalized spacial score (nSPS) is 13.4. The summed E-state index contributed by atoms with van der Waals surface area (Å²) in [6.07, 6.45) is 0.350. The number of benzene rings is 3. The molecule has 0 radical (unpaired) electrons. The molecular weight excluding hydrogens is 616 g/mol. The first-order valence-corrected chi connectivity index (χ1v) is 15.7. The van der Waals surface area contributed by atoms with E-state index in [2.05, 4.69) is 16.7 Å². The number of carbonyl (C=O) groups excluding carboxylic acids is 3. The Balaban J connectivity index is 1.40. The Bertz CT molecular complexity index is 1860. The van der Waals surface area contributed by atoms with Crippen LogP contribution in [0.4, 0.5) is 11.4 Å². The van der Waals surface area contributed by atoms with Crippen LogP contribution in [0.25, 0.3) is 0 Å². The van der Waals surface area contributed by atoms with Crippen molar-refractivity contribution in [1.82, 2.24) is 10.2 Å². The molecule has 4 aromatic rings. The minimum absolute atomic E-state index is 0.139. The first-order chi connectivity index (χ1) is 22.7. The number of hydrogen-bond donors (Lipinski definition) is 3. The van der Waals surface area contributed by atoms with Gasteiger partial charge in [-0.1, -0.05) is 6.07 Å². The fourth-order valence-electron chi connectivity index (χ4n) is 5.30. The van der Waals surface area contributed by atoms with Crippen LogP contribution in [0.5, 0.6) is 0 Å². The van der Waals surface area contributed by atoms with E-state index in [-0.39, 0.29) is 17.9 Å². The van der Waals surface area contributed by atoms with Crippen LogP contribution in [-0.2, 0) is 4.79 Å². The molecule has 0 aliphatic carbocycles. The third-order valence-electron chi connectivity index (χ3n) is 7.74. The van der Waals surface area contributed by atoms with E-state index in [4.69, 9.17) is 10.5 Å². The Morgan fingerprint density at radius 2 is 1.47 bits per heavy atom. The van der Waals surface area contributed by atoms with Crippen molar-refractivity contribution in [2.75, 3.05) is 36.4 Å². The molecule has 11 nitrogen and oxygen atoms in total. The van der Waals surface area contributed by atoms with Gasteiger partial charge in [0.05, 0.1) is 47.1 Å². The number of amides is 3. The van der Waals surface area contributed by atoms with Crippen LogP contribution >= 0.6 is 11.3 Å². The molecule has 1 saturated heterocycles. The van der Waals surface area contributed by atoms with Crippen molar-refractivity contribution in [2.24, 2.45) is 0 Å². The standard InChI is InChI=1S/C35H30N6O5S/c36-21-23-4-8-25(9-5-23)33(44)38-28-19-27(34(45)39-29(20-32(42)43)31-3-1-18-47-31)12-13-30(28)40-14-2-15-41(17-16-40)35(46)26-10-6-24(22-37)7-11-26/h1,3-13,18-19,29H,2,14-17,20H2,(H,38,44)(H,39,45)(H,42,43). The van der Waals surface area contributed by atoms with E-state index in [1.807, 2.05) is 16.3 Å². The van der Waals surface area contributed by atoms with Gasteiger partial charge in [-0.05, 0) is 84.6 Å². The monoisotopic (exact) mass is 646 g/mol. The predicted molar refractivity (Wildman–Crippen MR) is 176 cm³/mol. The van der Waals surface area contributed by atoms with Gasteiger partial charge in [0.25, 0.3) is 17.7 Å². The summed E-state index contributed by atoms with van der Waals surface area (Å²) < 4.78 is 0. The molecule has 3 N–H and O–H groups in total. The Kier molecular flexibility index (Phi) is 10.3. The van der Waals surface area contributed by atoms with Crippen LogP contribution < -0.4 is 15.5 Å². The molecule has 1 aliphatic rings. The number of nitrogens with zero attached hydrogens (tertiary/aromatic N) is 4. The molecule has 0 saturated carbocycles. The van der Waals surface area contributed by atoms with Gasteiger partial charge in [-0.2, -0.15) is 10.5 Å². The fraction of sp³-hybridized carbons (Fsp3) is 0.200. The Morgan fingerprint density at radius 3 is 2.09 bits per heavy atom. The number of anilines is 2. The third-order valence-corrected chi connectivity index (χ3v) is 8.72. The molecule has 47 heavy (non-hydrogen) atoms. The molecular formula is C35H30N6O5S. The topological polar surface area (TPSA) is 167 Å². The minimum atomic E-state index is -1.05. The molecule has 0 bridgehead atoms. The molecule has 1 unspecified atom stereocenters. The zero-order valence-corrected chi connectivity index (χ0v) is 26.0. The summed E-state index contributed by atoms with van der Waals surface area (Å²) in [4.78, 5) is 56.1. The van der Waals surface area contributed by atoms with Crippen LogP contribution in [0.1, 0.15) is 66.0 Å². The Labute approximate surface area is 275 Å². The van der Waals surface area contributed by atoms with E-state index in [0.29, 0.717) is 71.1 Å². The van der Waals surface area contributed by atoms with E-state index in [9.17, 15) is 24.3 Å². The molecule has 3 aromatic carbocycles. The highest BCUT2D eigenvalue weighted by Gasteiger charge is 2.25. The maximum absolute atomic E-state index is 13.4. The average molecular weight is 647 g/mol. The van der Waals surface area contributed by atoms with E-state index in [1.165, 1.54) is 11.3 Å². The van der Waals surface area contributed by atoms with Crippen LogP contribution in [0.3, 0.4) is 0 Å². The lowest BCUT2D eigenvalue weighted by atomic mass is 10.1. The summed E-state index contributed by atoms with van der Waals surface area (Å²) in [6, 6.07) is 24.5. The van der Waals surface area contributed by atoms with Gasteiger partial charge in [-0.15, -0.1) is 11.3 Å². The first kappa shape index (κ1) is 32.4. The summed E-state index contributed by atoms with van der Waals surface area (Å²) in [6.45, 7) is 1.94. The van der Waals surface area contributed by atoms with E-state index in [0.717, 1.165) is 0 Å². The van der Waals surface area contributed by atoms with Crippen molar-refractivity contribution >= 4 is 46.4 Å². The first-order valence-electron chi connectivity index (χ1n) is 14.8. The number of hydrogen-bond acceptors (Lipinski definition) is 8. The fourth-order valence-corrected chi connectivity index (χ4v) is 6.08. The van der Waals surface area contributed by atoms with Crippen LogP contribution in [0.15, 0.2) is 84.2 Å². The second kappa shape index (κ2) is 14.9. The lowest BCUT2D eigenvalue weighted by molar-refractivity contribution is -0.137. The van der Waals surface area contributed by atoms with Gasteiger partial charge in [0, 0.05) is 47.7 Å². The van der Waals surface area contributed by atoms with E-state index < -0.39 is 23.8 Å². The Hall–Kier alpha value is -5.98. The van der Waals surface area contributed by atoms with Crippen molar-refractivity contribution < 1.29 is 24.3 Å². The van der Waals surface area contributed by atoms with Crippen molar-refractivity contribution in [3.63, 3.8) is 0 Å². The summed E-state index contributed by atoms with van der Waals surface area (Å²) in [7, 11) is 0. The molecule has 0 spiro atoms. The molecule has 236 valence electrons. The second-order valence-corrected chi connectivity index (χ2v) is 11.8. The number of thiophene rings is 1. The summed E-state index contributed by atoms with van der Waals surface area (Å²) in [5.74, 6) is -2.13. The van der Waals surface area contributed by atoms with E-state index in [1.54, 1.807) is 83.8 Å². The smallest absolute Gasteiger partial charge is 0.305 e. The number of nitriles is 2. The quantitative estimate of drug-likeness (QED) is 0.227. The van der Waals surface area contributed by atoms with Crippen molar-refractivity contribution in [1.29, 1.82) is 10.5 Å². The van der Waals surface area contributed by atoms with Crippen LogP contribution in [0, 0.1) is 22.7 Å². The molecule has 1 fully saturated rings. The SMILES string of the molecule is N#Cc1ccc(C(=O)Nc2cc(C(=O)NC(CC(=O)O)c3cccs3)ccc2N2CCCN(C(=O)c3ccc(C#N)cc3)CC2)cc1. The molecule has 2 heterocycles. The van der Waals surface area contributed by atoms with Crippen molar-refractivity contribution in [3.8, 4) is 12.1 Å². The second-order valence-electron chi connectivity index (χ2n) is 10.8. The zero-order valence-electron chi connectivity index (χ0n) is 25.2. The van der Waals surface area contributed by atoms with Gasteiger partial charge in [0.15, 0.2) is 0 Å². The average Bonchev–Trinajstić information content (AvgIpc) is 3.52. The zero-order chi connectivity index (χ0) is 33.3. The van der Waals surface area contributed by atoms with Gasteiger partial charge in [-0.25, -0.2) is 0 Å². The molecule has 1 aliphatic heterocycles. The van der Waals surface area contributed by atoms with Crippen LogP contribution in [-0.4, -0.2) is 59.9 Å². The van der Waals surface area contributed by atoms with Gasteiger partial charge in [0.2, 0.25) is 0 Å². The molecule has 1 aromatic heterocycles. The summed E-state index contributed by atoms with van der Waals surface area (Å²) in [5.41, 5.74) is 2.93. The minimum Gasteiger partial charge on any atom is -0.481 e. The highest BCUT2D eigenvalue weighted by atomic mass is 32.1. The van der Waals surface area contributed by atoms with Gasteiger partial charge < -0.3 is 25.5 Å². The summed E-state index contributed by atoms with van der Waals surface area (Å²) in [5, 5.41) is 35.2. The molecule has 12 heteroatoms. The number of aliphatic carboxylic acids is 1. The Morgan fingerprint density at radius 1 is 0.809 bits per heavy atom. The number of carbonyl (C=O) groups is 4. The maximum Gasteiger partial charge on any atom is 0.305 e. The third kappa shape index (κ3) is 8.00. The van der Waals surface area contributed by atoms with Gasteiger partial charge in [0.1, 0.15) is 0 Å². The molecule has 5 rings (SSSR count).